The number of methoxy groups -OCH3 is 1. The molecule has 184 valence electrons. The molecular weight excluding hydrogens is 470 g/mol. The molecule has 0 fully saturated rings. The van der Waals surface area contributed by atoms with Gasteiger partial charge in [0, 0.05) is 0 Å². The van der Waals surface area contributed by atoms with E-state index in [-0.39, 0.29) is 17.7 Å². The lowest BCUT2D eigenvalue weighted by molar-refractivity contribution is 0.0697. The van der Waals surface area contributed by atoms with Crippen molar-refractivity contribution >= 4 is 23.4 Å². The van der Waals surface area contributed by atoms with Gasteiger partial charge in [-0.25, -0.2) is 9.80 Å². The SMILES string of the molecule is COc1cc(/C=C(\C#N)C2=NN(c3ccccc3)[C@H](N)[C@H]2C#N)ccc1OCc1ccc(C(=O)O)cc1. The van der Waals surface area contributed by atoms with Crippen LogP contribution in [0.4, 0.5) is 5.69 Å². The number of carboxylic acid groups (broad SMARTS) is 1. The minimum atomic E-state index is -0.992. The van der Waals surface area contributed by atoms with Crippen LogP contribution in [-0.4, -0.2) is 30.1 Å². The Morgan fingerprint density at radius 2 is 1.84 bits per heavy atom. The highest BCUT2D eigenvalue weighted by atomic mass is 16.5. The van der Waals surface area contributed by atoms with Crippen LogP contribution in [0.25, 0.3) is 6.08 Å². The number of allylic oxidation sites excluding steroid dienone is 1. The number of nitriles is 2. The normalized spacial score (nSPS) is 16.9. The number of rotatable bonds is 8. The summed E-state index contributed by atoms with van der Waals surface area (Å²) < 4.78 is 11.3. The van der Waals surface area contributed by atoms with E-state index in [2.05, 4.69) is 17.2 Å². The minimum Gasteiger partial charge on any atom is -0.493 e. The highest BCUT2D eigenvalue weighted by molar-refractivity contribution is 6.11. The van der Waals surface area contributed by atoms with Crippen molar-refractivity contribution in [3.8, 4) is 23.6 Å². The molecule has 3 N–H and O–H groups in total. The third kappa shape index (κ3) is 5.43. The van der Waals surface area contributed by atoms with Crippen LogP contribution in [-0.2, 0) is 6.61 Å². The Morgan fingerprint density at radius 3 is 2.46 bits per heavy atom. The quantitative estimate of drug-likeness (QED) is 0.445. The van der Waals surface area contributed by atoms with E-state index in [0.717, 1.165) is 11.3 Å². The van der Waals surface area contributed by atoms with Gasteiger partial charge >= 0.3 is 5.97 Å². The average Bonchev–Trinajstić information content (AvgIpc) is 3.27. The van der Waals surface area contributed by atoms with Gasteiger partial charge in [-0.05, 0) is 53.6 Å². The lowest BCUT2D eigenvalue weighted by Crippen LogP contribution is -2.40. The summed E-state index contributed by atoms with van der Waals surface area (Å²) in [4.78, 5) is 11.0. The van der Waals surface area contributed by atoms with E-state index in [4.69, 9.17) is 20.3 Å². The fourth-order valence-corrected chi connectivity index (χ4v) is 3.85. The number of anilines is 1. The summed E-state index contributed by atoms with van der Waals surface area (Å²) in [7, 11) is 1.51. The van der Waals surface area contributed by atoms with Gasteiger partial charge in [0.05, 0.1) is 35.7 Å². The minimum absolute atomic E-state index is 0.198. The van der Waals surface area contributed by atoms with E-state index in [1.807, 2.05) is 30.3 Å². The van der Waals surface area contributed by atoms with Gasteiger partial charge < -0.3 is 20.3 Å². The van der Waals surface area contributed by atoms with Gasteiger partial charge in [-0.2, -0.15) is 15.6 Å². The summed E-state index contributed by atoms with van der Waals surface area (Å²) in [6.07, 6.45) is 0.899. The first-order valence-corrected chi connectivity index (χ1v) is 11.3. The van der Waals surface area contributed by atoms with Gasteiger partial charge in [0.15, 0.2) is 11.5 Å². The summed E-state index contributed by atoms with van der Waals surface area (Å²) in [6, 6.07) is 25.1. The molecule has 0 aromatic heterocycles. The first-order chi connectivity index (χ1) is 17.9. The van der Waals surface area contributed by atoms with Crippen molar-refractivity contribution in [1.82, 2.24) is 0 Å². The number of hydrazone groups is 1. The van der Waals surface area contributed by atoms with Gasteiger partial charge in [-0.1, -0.05) is 36.4 Å². The Balaban J connectivity index is 1.57. The van der Waals surface area contributed by atoms with Gasteiger partial charge in [0.25, 0.3) is 0 Å². The second-order valence-corrected chi connectivity index (χ2v) is 8.13. The number of ether oxygens (including phenoxy) is 2. The molecule has 0 aliphatic carbocycles. The molecule has 37 heavy (non-hydrogen) atoms. The van der Waals surface area contributed by atoms with Crippen LogP contribution in [0.3, 0.4) is 0 Å². The molecule has 0 unspecified atom stereocenters. The smallest absolute Gasteiger partial charge is 0.335 e. The fraction of sp³-hybridized carbons (Fsp3) is 0.143. The largest absolute Gasteiger partial charge is 0.493 e. The molecule has 0 spiro atoms. The predicted octanol–water partition coefficient (Wildman–Crippen LogP) is 4.18. The highest BCUT2D eigenvalue weighted by Crippen LogP contribution is 2.32. The van der Waals surface area contributed by atoms with Crippen LogP contribution in [0.2, 0.25) is 0 Å². The number of hydrogen-bond donors (Lipinski definition) is 2. The first kappa shape index (κ1) is 25.0. The maximum Gasteiger partial charge on any atom is 0.335 e. The predicted molar refractivity (Wildman–Crippen MR) is 138 cm³/mol. The second kappa shape index (κ2) is 11.1. The third-order valence-corrected chi connectivity index (χ3v) is 5.78. The number of carboxylic acids is 1. The standard InChI is InChI=1S/C28H23N5O4/c1-36-25-14-19(9-12-24(25)37-17-18-7-10-20(11-8-18)28(34)35)13-21(15-29)26-23(16-30)27(31)33(32-26)22-5-3-2-4-6-22/h2-14,23,27H,17,31H2,1H3,(H,34,35)/b21-13+/t23-,27-/m0/s1. The average molecular weight is 494 g/mol. The number of para-hydroxylation sites is 1. The van der Waals surface area contributed by atoms with Gasteiger partial charge in [-0.15, -0.1) is 0 Å². The van der Waals surface area contributed by atoms with Crippen LogP contribution in [0.5, 0.6) is 11.5 Å². The lowest BCUT2D eigenvalue weighted by Gasteiger charge is -2.21. The molecule has 2 atom stereocenters. The Morgan fingerprint density at radius 1 is 1.11 bits per heavy atom. The molecule has 0 amide bonds. The molecular formula is C28H23N5O4. The maximum absolute atomic E-state index is 11.0. The highest BCUT2D eigenvalue weighted by Gasteiger charge is 2.37. The molecule has 0 saturated carbocycles. The lowest BCUT2D eigenvalue weighted by atomic mass is 9.95. The molecule has 1 aliphatic rings. The Bertz CT molecular complexity index is 1440. The zero-order valence-electron chi connectivity index (χ0n) is 19.9. The van der Waals surface area contributed by atoms with Crippen LogP contribution in [0.15, 0.2) is 83.5 Å². The van der Waals surface area contributed by atoms with Crippen molar-refractivity contribution in [3.05, 3.63) is 95.1 Å². The molecule has 1 aliphatic heterocycles. The number of carbonyl (C=O) groups is 1. The van der Waals surface area contributed by atoms with E-state index in [9.17, 15) is 15.3 Å². The maximum atomic E-state index is 11.0. The summed E-state index contributed by atoms with van der Waals surface area (Å²) in [5, 5.41) is 34.7. The molecule has 3 aromatic carbocycles. The van der Waals surface area contributed by atoms with Crippen LogP contribution < -0.4 is 20.2 Å². The van der Waals surface area contributed by atoms with E-state index in [1.54, 1.807) is 41.4 Å². The van der Waals surface area contributed by atoms with E-state index in [1.165, 1.54) is 19.2 Å². The van der Waals surface area contributed by atoms with Crippen molar-refractivity contribution in [1.29, 1.82) is 10.5 Å². The van der Waals surface area contributed by atoms with Crippen LogP contribution >= 0.6 is 0 Å². The number of benzene rings is 3. The number of aromatic carboxylic acids is 1. The Kier molecular flexibility index (Phi) is 7.48. The molecule has 1 heterocycles. The van der Waals surface area contributed by atoms with Gasteiger partial charge in [-0.3, -0.25) is 0 Å². The zero-order chi connectivity index (χ0) is 26.4. The number of nitrogens with zero attached hydrogens (tertiary/aromatic N) is 4. The fourth-order valence-electron chi connectivity index (χ4n) is 3.85. The zero-order valence-corrected chi connectivity index (χ0v) is 19.9. The van der Waals surface area contributed by atoms with Crippen LogP contribution in [0.1, 0.15) is 21.5 Å². The van der Waals surface area contributed by atoms with Crippen molar-refractivity contribution in [3.63, 3.8) is 0 Å². The van der Waals surface area contributed by atoms with E-state index >= 15 is 0 Å². The van der Waals surface area contributed by atoms with Gasteiger partial charge in [0.1, 0.15) is 24.8 Å². The van der Waals surface area contributed by atoms with Crippen molar-refractivity contribution in [2.75, 3.05) is 12.1 Å². The molecule has 0 bridgehead atoms. The van der Waals surface area contributed by atoms with Crippen molar-refractivity contribution in [2.24, 2.45) is 16.8 Å². The second-order valence-electron chi connectivity index (χ2n) is 8.13. The number of hydrogen-bond acceptors (Lipinski definition) is 8. The van der Waals surface area contributed by atoms with Crippen molar-refractivity contribution in [2.45, 2.75) is 12.8 Å². The van der Waals surface area contributed by atoms with E-state index < -0.39 is 18.1 Å². The Labute approximate surface area is 213 Å². The molecule has 3 aromatic rings. The van der Waals surface area contributed by atoms with Gasteiger partial charge in [0.2, 0.25) is 0 Å². The van der Waals surface area contributed by atoms with E-state index in [0.29, 0.717) is 22.8 Å². The molecule has 0 saturated heterocycles. The molecule has 9 heteroatoms. The Hall–Kier alpha value is -5.12. The molecule has 4 rings (SSSR count). The topological polar surface area (TPSA) is 145 Å². The van der Waals surface area contributed by atoms with Crippen molar-refractivity contribution < 1.29 is 19.4 Å². The summed E-state index contributed by atoms with van der Waals surface area (Å²) >= 11 is 0. The van der Waals surface area contributed by atoms with Crippen LogP contribution in [0, 0.1) is 28.6 Å². The first-order valence-electron chi connectivity index (χ1n) is 11.3. The monoisotopic (exact) mass is 493 g/mol. The number of nitrogens with two attached hydrogens (primary N) is 1. The summed E-state index contributed by atoms with van der Waals surface area (Å²) in [6.45, 7) is 0.211. The summed E-state index contributed by atoms with van der Waals surface area (Å²) in [5.41, 5.74) is 9.18. The molecule has 9 nitrogen and oxygen atoms in total. The summed E-state index contributed by atoms with van der Waals surface area (Å²) in [5.74, 6) is -0.857. The molecule has 0 radical (unpaired) electrons. The third-order valence-electron chi connectivity index (χ3n) is 5.78.